The summed E-state index contributed by atoms with van der Waals surface area (Å²) in [5.74, 6) is 1.23. The van der Waals surface area contributed by atoms with Crippen LogP contribution < -0.4 is 0 Å². The highest BCUT2D eigenvalue weighted by Gasteiger charge is 2.17. The largest absolute Gasteiger partial charge is 0.304 e. The highest BCUT2D eigenvalue weighted by atomic mass is 32.2. The van der Waals surface area contributed by atoms with Crippen LogP contribution in [0.1, 0.15) is 40.0 Å². The summed E-state index contributed by atoms with van der Waals surface area (Å²) >= 11 is 1.91. The fourth-order valence-electron chi connectivity index (χ4n) is 1.56. The van der Waals surface area contributed by atoms with Crippen LogP contribution in [0.15, 0.2) is 0 Å². The molecule has 0 radical (unpaired) electrons. The SMILES string of the molecule is CSCCC(C)N(C)CCCC(C)(C)C#N. The summed E-state index contributed by atoms with van der Waals surface area (Å²) in [5, 5.41) is 8.92. The zero-order valence-electron chi connectivity index (χ0n) is 11.4. The van der Waals surface area contributed by atoms with E-state index in [1.807, 2.05) is 25.6 Å². The fourth-order valence-corrected chi connectivity index (χ4v) is 2.13. The van der Waals surface area contributed by atoms with Crippen LogP contribution in [0.5, 0.6) is 0 Å². The second-order valence-electron chi connectivity index (χ2n) is 5.21. The summed E-state index contributed by atoms with van der Waals surface area (Å²) < 4.78 is 0. The van der Waals surface area contributed by atoms with Gasteiger partial charge in [0.15, 0.2) is 0 Å². The molecule has 0 aromatic rings. The van der Waals surface area contributed by atoms with Crippen LogP contribution in [0.2, 0.25) is 0 Å². The lowest BCUT2D eigenvalue weighted by Gasteiger charge is -2.25. The molecule has 1 unspecified atom stereocenters. The van der Waals surface area contributed by atoms with Crippen LogP contribution >= 0.6 is 11.8 Å². The minimum absolute atomic E-state index is 0.163. The molecule has 0 aromatic carbocycles. The summed E-state index contributed by atoms with van der Waals surface area (Å²) in [6.07, 6.45) is 5.51. The van der Waals surface area contributed by atoms with Crippen molar-refractivity contribution in [1.82, 2.24) is 4.90 Å². The Balaban J connectivity index is 3.73. The van der Waals surface area contributed by atoms with E-state index in [2.05, 4.69) is 31.2 Å². The van der Waals surface area contributed by atoms with Gasteiger partial charge in [-0.1, -0.05) is 0 Å². The Morgan fingerprint density at radius 1 is 1.44 bits per heavy atom. The van der Waals surface area contributed by atoms with E-state index >= 15 is 0 Å². The van der Waals surface area contributed by atoms with Crippen LogP contribution in [0.4, 0.5) is 0 Å². The molecule has 16 heavy (non-hydrogen) atoms. The van der Waals surface area contributed by atoms with E-state index in [9.17, 15) is 0 Å². The molecule has 0 N–H and O–H groups in total. The molecule has 2 nitrogen and oxygen atoms in total. The average Bonchev–Trinajstić information content (AvgIpc) is 2.25. The predicted octanol–water partition coefficient (Wildman–Crippen LogP) is 3.39. The van der Waals surface area contributed by atoms with Crippen molar-refractivity contribution in [3.8, 4) is 6.07 Å². The second kappa shape index (κ2) is 7.97. The lowest BCUT2D eigenvalue weighted by Crippen LogP contribution is -2.31. The van der Waals surface area contributed by atoms with Crippen molar-refractivity contribution in [1.29, 1.82) is 5.26 Å². The minimum atomic E-state index is -0.163. The smallest absolute Gasteiger partial charge is 0.0683 e. The maximum absolute atomic E-state index is 8.92. The molecule has 0 aliphatic carbocycles. The molecule has 0 saturated heterocycles. The molecule has 1 atom stereocenters. The summed E-state index contributed by atoms with van der Waals surface area (Å²) in [7, 11) is 2.18. The molecule has 0 fully saturated rings. The third-order valence-electron chi connectivity index (χ3n) is 3.11. The molecular formula is C13H26N2S. The predicted molar refractivity (Wildman–Crippen MR) is 73.7 cm³/mol. The Hall–Kier alpha value is -0.200. The van der Waals surface area contributed by atoms with E-state index < -0.39 is 0 Å². The first-order chi connectivity index (χ1) is 7.43. The fraction of sp³-hybridized carbons (Fsp3) is 0.923. The monoisotopic (exact) mass is 242 g/mol. The van der Waals surface area contributed by atoms with Gasteiger partial charge in [0.2, 0.25) is 0 Å². The van der Waals surface area contributed by atoms with Gasteiger partial charge in [-0.3, -0.25) is 0 Å². The van der Waals surface area contributed by atoms with Gasteiger partial charge in [-0.15, -0.1) is 0 Å². The lowest BCUT2D eigenvalue weighted by molar-refractivity contribution is 0.238. The maximum Gasteiger partial charge on any atom is 0.0683 e. The Kier molecular flexibility index (Phi) is 7.87. The quantitative estimate of drug-likeness (QED) is 0.653. The average molecular weight is 242 g/mol. The van der Waals surface area contributed by atoms with Crippen LogP contribution in [0.25, 0.3) is 0 Å². The van der Waals surface area contributed by atoms with E-state index in [-0.39, 0.29) is 5.41 Å². The summed E-state index contributed by atoms with van der Waals surface area (Å²) in [4.78, 5) is 2.41. The van der Waals surface area contributed by atoms with Crippen LogP contribution in [0.3, 0.4) is 0 Å². The van der Waals surface area contributed by atoms with Crippen molar-refractivity contribution >= 4 is 11.8 Å². The normalized spacial score (nSPS) is 13.8. The topological polar surface area (TPSA) is 27.0 Å². The zero-order valence-corrected chi connectivity index (χ0v) is 12.2. The van der Waals surface area contributed by atoms with Gasteiger partial charge in [0.25, 0.3) is 0 Å². The number of thioether (sulfide) groups is 1. The molecule has 0 aliphatic heterocycles. The van der Waals surface area contributed by atoms with E-state index in [0.717, 1.165) is 19.4 Å². The first kappa shape index (κ1) is 15.8. The van der Waals surface area contributed by atoms with Crippen molar-refractivity contribution in [2.75, 3.05) is 25.6 Å². The van der Waals surface area contributed by atoms with Crippen molar-refractivity contribution < 1.29 is 0 Å². The molecule has 0 spiro atoms. The molecular weight excluding hydrogens is 216 g/mol. The van der Waals surface area contributed by atoms with Gasteiger partial charge in [-0.05, 0) is 65.6 Å². The van der Waals surface area contributed by atoms with Gasteiger partial charge < -0.3 is 4.90 Å². The van der Waals surface area contributed by atoms with E-state index in [0.29, 0.717) is 6.04 Å². The number of nitriles is 1. The summed E-state index contributed by atoms with van der Waals surface area (Å²) in [6.45, 7) is 7.42. The third-order valence-corrected chi connectivity index (χ3v) is 3.75. The third kappa shape index (κ3) is 7.14. The molecule has 0 rings (SSSR count). The molecule has 3 heteroatoms. The van der Waals surface area contributed by atoms with Gasteiger partial charge in [-0.25, -0.2) is 0 Å². The van der Waals surface area contributed by atoms with E-state index in [1.54, 1.807) is 0 Å². The minimum Gasteiger partial charge on any atom is -0.304 e. The molecule has 0 amide bonds. The van der Waals surface area contributed by atoms with Gasteiger partial charge in [0.05, 0.1) is 11.5 Å². The molecule has 0 aliphatic rings. The maximum atomic E-state index is 8.92. The molecule has 0 aromatic heterocycles. The van der Waals surface area contributed by atoms with Crippen LogP contribution in [-0.2, 0) is 0 Å². The standard InChI is InChI=1S/C13H26N2S/c1-12(7-10-16-5)15(4)9-6-8-13(2,3)11-14/h12H,6-10H2,1-5H3. The number of hydrogen-bond donors (Lipinski definition) is 0. The van der Waals surface area contributed by atoms with Gasteiger partial charge in [-0.2, -0.15) is 17.0 Å². The highest BCUT2D eigenvalue weighted by Crippen LogP contribution is 2.21. The van der Waals surface area contributed by atoms with Crippen molar-refractivity contribution in [3.05, 3.63) is 0 Å². The van der Waals surface area contributed by atoms with E-state index in [4.69, 9.17) is 5.26 Å². The molecule has 0 heterocycles. The molecule has 94 valence electrons. The zero-order chi connectivity index (χ0) is 12.6. The Bertz CT molecular complexity index is 220. The van der Waals surface area contributed by atoms with Crippen molar-refractivity contribution in [2.24, 2.45) is 5.41 Å². The Labute approximate surface area is 105 Å². The first-order valence-electron chi connectivity index (χ1n) is 6.03. The molecule has 0 saturated carbocycles. The van der Waals surface area contributed by atoms with Gasteiger partial charge in [0.1, 0.15) is 0 Å². The van der Waals surface area contributed by atoms with Crippen molar-refractivity contribution in [3.63, 3.8) is 0 Å². The second-order valence-corrected chi connectivity index (χ2v) is 6.20. The lowest BCUT2D eigenvalue weighted by atomic mass is 9.90. The molecule has 0 bridgehead atoms. The number of rotatable bonds is 8. The number of hydrogen-bond acceptors (Lipinski definition) is 3. The van der Waals surface area contributed by atoms with Crippen molar-refractivity contribution in [2.45, 2.75) is 46.1 Å². The van der Waals surface area contributed by atoms with Crippen LogP contribution in [-0.4, -0.2) is 36.5 Å². The Morgan fingerprint density at radius 3 is 2.56 bits per heavy atom. The summed E-state index contributed by atoms with van der Waals surface area (Å²) in [6, 6.07) is 3.01. The summed E-state index contributed by atoms with van der Waals surface area (Å²) in [5.41, 5.74) is -0.163. The van der Waals surface area contributed by atoms with Crippen LogP contribution in [0, 0.1) is 16.7 Å². The number of nitrogens with zero attached hydrogens (tertiary/aromatic N) is 2. The first-order valence-corrected chi connectivity index (χ1v) is 7.43. The van der Waals surface area contributed by atoms with E-state index in [1.165, 1.54) is 12.2 Å². The highest BCUT2D eigenvalue weighted by molar-refractivity contribution is 7.98. The Morgan fingerprint density at radius 2 is 2.06 bits per heavy atom. The van der Waals surface area contributed by atoms with Gasteiger partial charge in [0, 0.05) is 6.04 Å². The van der Waals surface area contributed by atoms with Gasteiger partial charge >= 0.3 is 0 Å².